The molecular formula is C17H17N5S. The second kappa shape index (κ2) is 5.62. The van der Waals surface area contributed by atoms with Gasteiger partial charge in [-0.05, 0) is 29.5 Å². The van der Waals surface area contributed by atoms with E-state index in [0.29, 0.717) is 5.92 Å². The van der Waals surface area contributed by atoms with Crippen molar-refractivity contribution in [1.82, 2.24) is 19.9 Å². The minimum absolute atomic E-state index is 0.0559. The van der Waals surface area contributed by atoms with Crippen LogP contribution in [0.15, 0.2) is 42.0 Å². The van der Waals surface area contributed by atoms with Gasteiger partial charge in [0.15, 0.2) is 0 Å². The number of hydrogen-bond donors (Lipinski definition) is 2. The average Bonchev–Trinajstić information content (AvgIpc) is 3.18. The van der Waals surface area contributed by atoms with Gasteiger partial charge in [0.25, 0.3) is 0 Å². The maximum absolute atomic E-state index is 4.74. The molecule has 3 heterocycles. The molecule has 0 unspecified atom stereocenters. The zero-order valence-electron chi connectivity index (χ0n) is 12.9. The lowest BCUT2D eigenvalue weighted by atomic mass is 10.0. The maximum Gasteiger partial charge on any atom is 0.138 e. The molecule has 0 fully saturated rings. The predicted octanol–water partition coefficient (Wildman–Crippen LogP) is 4.38. The van der Waals surface area contributed by atoms with Crippen LogP contribution in [0.25, 0.3) is 21.3 Å². The summed E-state index contributed by atoms with van der Waals surface area (Å²) in [5.41, 5.74) is 2.04. The number of hydrogen-bond acceptors (Lipinski definition) is 5. The van der Waals surface area contributed by atoms with Gasteiger partial charge >= 0.3 is 0 Å². The fourth-order valence-electron chi connectivity index (χ4n) is 2.72. The molecule has 0 spiro atoms. The SMILES string of the molecule is CC(C)[C@H](Nc1ncnc2sccc12)c1nc2ccccc2[nH]1. The minimum atomic E-state index is 0.0559. The monoisotopic (exact) mass is 323 g/mol. The first-order valence-corrected chi connectivity index (χ1v) is 8.50. The number of fused-ring (bicyclic) bond motifs is 2. The van der Waals surface area contributed by atoms with Crippen LogP contribution in [0.5, 0.6) is 0 Å². The zero-order chi connectivity index (χ0) is 15.8. The highest BCUT2D eigenvalue weighted by molar-refractivity contribution is 7.16. The lowest BCUT2D eigenvalue weighted by Gasteiger charge is -2.21. The highest BCUT2D eigenvalue weighted by atomic mass is 32.1. The second-order valence-electron chi connectivity index (χ2n) is 5.87. The molecule has 0 amide bonds. The smallest absolute Gasteiger partial charge is 0.138 e. The number of anilines is 1. The van der Waals surface area contributed by atoms with Crippen molar-refractivity contribution >= 4 is 38.4 Å². The summed E-state index contributed by atoms with van der Waals surface area (Å²) < 4.78 is 0. The lowest BCUT2D eigenvalue weighted by molar-refractivity contribution is 0.525. The molecule has 1 atom stereocenters. The number of aromatic nitrogens is 4. The van der Waals surface area contributed by atoms with Gasteiger partial charge in [0.1, 0.15) is 22.8 Å². The van der Waals surface area contributed by atoms with Gasteiger partial charge in [0.2, 0.25) is 0 Å². The first kappa shape index (κ1) is 14.1. The summed E-state index contributed by atoms with van der Waals surface area (Å²) in [6, 6.07) is 10.2. The number of nitrogens with one attached hydrogen (secondary N) is 2. The molecule has 4 rings (SSSR count). The van der Waals surface area contributed by atoms with E-state index < -0.39 is 0 Å². The van der Waals surface area contributed by atoms with Gasteiger partial charge in [0.05, 0.1) is 22.5 Å². The molecule has 0 radical (unpaired) electrons. The van der Waals surface area contributed by atoms with E-state index in [1.807, 2.05) is 29.6 Å². The van der Waals surface area contributed by atoms with Crippen LogP contribution in [0.3, 0.4) is 0 Å². The summed E-state index contributed by atoms with van der Waals surface area (Å²) >= 11 is 1.62. The van der Waals surface area contributed by atoms with Crippen molar-refractivity contribution in [3.8, 4) is 0 Å². The van der Waals surface area contributed by atoms with Crippen LogP contribution in [0, 0.1) is 5.92 Å². The predicted molar refractivity (Wildman–Crippen MR) is 94.7 cm³/mol. The fraction of sp³-hybridized carbons (Fsp3) is 0.235. The summed E-state index contributed by atoms with van der Waals surface area (Å²) in [6.07, 6.45) is 1.61. The van der Waals surface area contributed by atoms with Crippen molar-refractivity contribution in [1.29, 1.82) is 0 Å². The van der Waals surface area contributed by atoms with Gasteiger partial charge in [-0.2, -0.15) is 0 Å². The Bertz CT molecular complexity index is 923. The first-order chi connectivity index (χ1) is 11.2. The number of nitrogens with zero attached hydrogens (tertiary/aromatic N) is 3. The van der Waals surface area contributed by atoms with E-state index in [1.165, 1.54) is 0 Å². The molecule has 0 aliphatic carbocycles. The Balaban J connectivity index is 1.74. The molecule has 1 aromatic carbocycles. The third-order valence-corrected chi connectivity index (χ3v) is 4.74. The maximum atomic E-state index is 4.74. The number of rotatable bonds is 4. The van der Waals surface area contributed by atoms with Crippen molar-refractivity contribution in [2.75, 3.05) is 5.32 Å². The number of benzene rings is 1. The molecule has 23 heavy (non-hydrogen) atoms. The highest BCUT2D eigenvalue weighted by Gasteiger charge is 2.21. The largest absolute Gasteiger partial charge is 0.359 e. The van der Waals surface area contributed by atoms with E-state index in [0.717, 1.165) is 32.9 Å². The van der Waals surface area contributed by atoms with E-state index in [2.05, 4.69) is 40.2 Å². The van der Waals surface area contributed by atoms with Crippen molar-refractivity contribution in [3.63, 3.8) is 0 Å². The van der Waals surface area contributed by atoms with Crippen LogP contribution in [0.2, 0.25) is 0 Å². The zero-order valence-corrected chi connectivity index (χ0v) is 13.8. The molecule has 0 saturated heterocycles. The topological polar surface area (TPSA) is 66.5 Å². The summed E-state index contributed by atoms with van der Waals surface area (Å²) in [5, 5.41) is 6.64. The molecule has 3 aromatic heterocycles. The summed E-state index contributed by atoms with van der Waals surface area (Å²) in [4.78, 5) is 17.9. The third-order valence-electron chi connectivity index (χ3n) is 3.92. The Morgan fingerprint density at radius 2 is 2.00 bits per heavy atom. The average molecular weight is 323 g/mol. The molecule has 5 nitrogen and oxygen atoms in total. The Kier molecular flexibility index (Phi) is 3.46. The van der Waals surface area contributed by atoms with Crippen molar-refractivity contribution < 1.29 is 0 Å². The number of H-pyrrole nitrogens is 1. The quantitative estimate of drug-likeness (QED) is 0.585. The Hall–Kier alpha value is -2.47. The third kappa shape index (κ3) is 2.55. The van der Waals surface area contributed by atoms with E-state index in [4.69, 9.17) is 4.98 Å². The van der Waals surface area contributed by atoms with E-state index in [9.17, 15) is 0 Å². The lowest BCUT2D eigenvalue weighted by Crippen LogP contribution is -2.19. The second-order valence-corrected chi connectivity index (χ2v) is 6.76. The molecule has 0 aliphatic heterocycles. The van der Waals surface area contributed by atoms with Crippen LogP contribution in [0.1, 0.15) is 25.7 Å². The highest BCUT2D eigenvalue weighted by Crippen LogP contribution is 2.30. The standard InChI is InChI=1S/C17H17N5S/c1-10(2)14(16-20-12-5-3-4-6-13(12)21-16)22-15-11-7-8-23-17(11)19-9-18-15/h3-10,14H,1-2H3,(H,20,21)(H,18,19,22)/t14-/m0/s1. The minimum Gasteiger partial charge on any atom is -0.359 e. The number of para-hydroxylation sites is 2. The Morgan fingerprint density at radius 1 is 1.13 bits per heavy atom. The molecule has 0 saturated carbocycles. The normalized spacial score (nSPS) is 13.0. The molecular weight excluding hydrogens is 306 g/mol. The number of thiophene rings is 1. The van der Waals surface area contributed by atoms with Gasteiger partial charge in [-0.15, -0.1) is 11.3 Å². The number of aromatic amines is 1. The summed E-state index contributed by atoms with van der Waals surface area (Å²) in [5.74, 6) is 2.15. The molecule has 4 aromatic rings. The van der Waals surface area contributed by atoms with Crippen LogP contribution in [-0.4, -0.2) is 19.9 Å². The Morgan fingerprint density at radius 3 is 2.83 bits per heavy atom. The van der Waals surface area contributed by atoms with Gasteiger partial charge in [-0.25, -0.2) is 15.0 Å². The molecule has 6 heteroatoms. The van der Waals surface area contributed by atoms with Gasteiger partial charge < -0.3 is 10.3 Å². The van der Waals surface area contributed by atoms with Crippen LogP contribution < -0.4 is 5.32 Å². The van der Waals surface area contributed by atoms with Gasteiger partial charge in [-0.1, -0.05) is 26.0 Å². The van der Waals surface area contributed by atoms with Crippen LogP contribution >= 0.6 is 11.3 Å². The fourth-order valence-corrected chi connectivity index (χ4v) is 3.46. The van der Waals surface area contributed by atoms with Gasteiger partial charge in [-0.3, -0.25) is 0 Å². The molecule has 0 bridgehead atoms. The first-order valence-electron chi connectivity index (χ1n) is 7.62. The van der Waals surface area contributed by atoms with E-state index in [1.54, 1.807) is 17.7 Å². The summed E-state index contributed by atoms with van der Waals surface area (Å²) in [7, 11) is 0. The van der Waals surface area contributed by atoms with E-state index in [-0.39, 0.29) is 6.04 Å². The van der Waals surface area contributed by atoms with Crippen molar-refractivity contribution in [2.45, 2.75) is 19.9 Å². The van der Waals surface area contributed by atoms with E-state index >= 15 is 0 Å². The number of imidazole rings is 1. The Labute approximate surface area is 137 Å². The van der Waals surface area contributed by atoms with Crippen molar-refractivity contribution in [3.05, 3.63) is 47.9 Å². The van der Waals surface area contributed by atoms with Crippen LogP contribution in [-0.2, 0) is 0 Å². The molecule has 2 N–H and O–H groups in total. The molecule has 116 valence electrons. The van der Waals surface area contributed by atoms with Crippen LogP contribution in [0.4, 0.5) is 5.82 Å². The molecule has 0 aliphatic rings. The van der Waals surface area contributed by atoms with Gasteiger partial charge in [0, 0.05) is 0 Å². The van der Waals surface area contributed by atoms with Crippen molar-refractivity contribution in [2.24, 2.45) is 5.92 Å². The summed E-state index contributed by atoms with van der Waals surface area (Å²) in [6.45, 7) is 4.35.